The van der Waals surface area contributed by atoms with Gasteiger partial charge in [-0.05, 0) is 61.6 Å². The van der Waals surface area contributed by atoms with Crippen molar-refractivity contribution in [2.75, 3.05) is 6.54 Å². The summed E-state index contributed by atoms with van der Waals surface area (Å²) in [4.78, 5) is 6.68. The standard InChI is InChI=1S/C20H19FN4S/c1-2-24-19(18(23-20(24)26)16-9-3-4-11-22-16)17-10-6-12-25(17)15-8-5-7-14(21)13-15/h3-13,18-19H,2H2,1H3,(H,23,26)/t18-,19+/m0/s1. The second-order valence-electron chi connectivity index (χ2n) is 6.20. The normalized spacial score (nSPS) is 19.6. The molecule has 2 aromatic heterocycles. The first kappa shape index (κ1) is 16.7. The van der Waals surface area contributed by atoms with Crippen molar-refractivity contribution < 1.29 is 4.39 Å². The lowest BCUT2D eigenvalue weighted by Crippen LogP contribution is -2.30. The summed E-state index contributed by atoms with van der Waals surface area (Å²) in [5, 5.41) is 4.12. The SMILES string of the molecule is CCN1C(=S)N[C@@H](c2ccccn2)[C@H]1c1cccn1-c1cccc(F)c1. The smallest absolute Gasteiger partial charge is 0.170 e. The van der Waals surface area contributed by atoms with Gasteiger partial charge in [0.05, 0.1) is 17.8 Å². The Hall–Kier alpha value is -2.73. The zero-order valence-electron chi connectivity index (χ0n) is 14.3. The number of rotatable bonds is 4. The molecule has 3 aromatic rings. The third-order valence-corrected chi connectivity index (χ3v) is 5.06. The fourth-order valence-electron chi connectivity index (χ4n) is 3.56. The lowest BCUT2D eigenvalue weighted by atomic mass is 10.0. The Morgan fingerprint density at radius 3 is 2.77 bits per heavy atom. The molecule has 0 aliphatic carbocycles. The van der Waals surface area contributed by atoms with E-state index >= 15 is 0 Å². The van der Waals surface area contributed by atoms with Gasteiger partial charge in [0.25, 0.3) is 0 Å². The van der Waals surface area contributed by atoms with Gasteiger partial charge in [-0.3, -0.25) is 4.98 Å². The van der Waals surface area contributed by atoms with Crippen molar-refractivity contribution in [3.05, 3.63) is 84.2 Å². The van der Waals surface area contributed by atoms with E-state index in [1.165, 1.54) is 12.1 Å². The number of aromatic nitrogens is 2. The number of benzene rings is 1. The summed E-state index contributed by atoms with van der Waals surface area (Å²) in [6.45, 7) is 2.85. The van der Waals surface area contributed by atoms with Crippen LogP contribution in [0.5, 0.6) is 0 Å². The third-order valence-electron chi connectivity index (χ3n) is 4.71. The predicted octanol–water partition coefficient (Wildman–Crippen LogP) is 4.00. The maximum absolute atomic E-state index is 13.7. The number of pyridine rings is 1. The van der Waals surface area contributed by atoms with E-state index in [-0.39, 0.29) is 17.9 Å². The average molecular weight is 366 g/mol. The van der Waals surface area contributed by atoms with Crippen LogP contribution in [0.2, 0.25) is 0 Å². The lowest BCUT2D eigenvalue weighted by Gasteiger charge is -2.27. The largest absolute Gasteiger partial charge is 0.352 e. The van der Waals surface area contributed by atoms with E-state index in [0.717, 1.165) is 23.6 Å². The fraction of sp³-hybridized carbons (Fsp3) is 0.200. The minimum absolute atomic E-state index is 0.0272. The average Bonchev–Trinajstić information content (AvgIpc) is 3.26. The van der Waals surface area contributed by atoms with Gasteiger partial charge >= 0.3 is 0 Å². The molecule has 1 N–H and O–H groups in total. The molecule has 1 aliphatic heterocycles. The van der Waals surface area contributed by atoms with Crippen molar-refractivity contribution in [1.29, 1.82) is 0 Å². The molecule has 0 unspecified atom stereocenters. The first-order valence-corrected chi connectivity index (χ1v) is 9.01. The predicted molar refractivity (Wildman–Crippen MR) is 104 cm³/mol. The summed E-state index contributed by atoms with van der Waals surface area (Å²) in [6.07, 6.45) is 3.74. The van der Waals surface area contributed by atoms with Gasteiger partial charge in [-0.25, -0.2) is 4.39 Å². The molecule has 0 spiro atoms. The molecule has 0 radical (unpaired) electrons. The van der Waals surface area contributed by atoms with Crippen LogP contribution in [0.3, 0.4) is 0 Å². The monoisotopic (exact) mass is 366 g/mol. The van der Waals surface area contributed by atoms with Crippen molar-refractivity contribution in [1.82, 2.24) is 19.8 Å². The van der Waals surface area contributed by atoms with Crippen LogP contribution < -0.4 is 5.32 Å². The van der Waals surface area contributed by atoms with Crippen LogP contribution >= 0.6 is 12.2 Å². The number of nitrogens with zero attached hydrogens (tertiary/aromatic N) is 3. The van der Waals surface area contributed by atoms with Crippen molar-refractivity contribution >= 4 is 17.3 Å². The highest BCUT2D eigenvalue weighted by molar-refractivity contribution is 7.80. The zero-order valence-corrected chi connectivity index (χ0v) is 15.2. The third kappa shape index (κ3) is 2.86. The molecule has 0 bridgehead atoms. The van der Waals surface area contributed by atoms with Crippen LogP contribution in [-0.2, 0) is 0 Å². The zero-order chi connectivity index (χ0) is 18.1. The highest BCUT2D eigenvalue weighted by atomic mass is 32.1. The second kappa shape index (κ2) is 6.88. The second-order valence-corrected chi connectivity index (χ2v) is 6.58. The lowest BCUT2D eigenvalue weighted by molar-refractivity contribution is 0.321. The molecular weight excluding hydrogens is 347 g/mol. The van der Waals surface area contributed by atoms with E-state index in [0.29, 0.717) is 5.11 Å². The van der Waals surface area contributed by atoms with E-state index in [1.807, 2.05) is 41.1 Å². The van der Waals surface area contributed by atoms with Gasteiger partial charge < -0.3 is 14.8 Å². The van der Waals surface area contributed by atoms with Gasteiger partial charge in [0.1, 0.15) is 5.82 Å². The van der Waals surface area contributed by atoms with Gasteiger partial charge in [0, 0.05) is 30.3 Å². The van der Waals surface area contributed by atoms with Gasteiger partial charge in [-0.1, -0.05) is 12.1 Å². The molecule has 3 heterocycles. The van der Waals surface area contributed by atoms with E-state index in [9.17, 15) is 4.39 Å². The Morgan fingerprint density at radius 2 is 2.04 bits per heavy atom. The number of thiocarbonyl (C=S) groups is 1. The highest BCUT2D eigenvalue weighted by Gasteiger charge is 2.40. The van der Waals surface area contributed by atoms with Crippen LogP contribution in [0.4, 0.5) is 4.39 Å². The number of hydrogen-bond acceptors (Lipinski definition) is 2. The summed E-state index contributed by atoms with van der Waals surface area (Å²) < 4.78 is 15.8. The van der Waals surface area contributed by atoms with Crippen molar-refractivity contribution in [3.63, 3.8) is 0 Å². The van der Waals surface area contributed by atoms with E-state index in [1.54, 1.807) is 12.3 Å². The maximum atomic E-state index is 13.7. The van der Waals surface area contributed by atoms with Crippen LogP contribution in [0.25, 0.3) is 5.69 Å². The molecular formula is C20H19FN4S. The summed E-state index contributed by atoms with van der Waals surface area (Å²) in [6, 6.07) is 16.4. The van der Waals surface area contributed by atoms with E-state index in [2.05, 4.69) is 28.2 Å². The van der Waals surface area contributed by atoms with E-state index in [4.69, 9.17) is 12.2 Å². The van der Waals surface area contributed by atoms with Gasteiger partial charge in [0.15, 0.2) is 5.11 Å². The Morgan fingerprint density at radius 1 is 1.15 bits per heavy atom. The number of nitrogens with one attached hydrogen (secondary N) is 1. The topological polar surface area (TPSA) is 33.1 Å². The van der Waals surface area contributed by atoms with Crippen molar-refractivity contribution in [2.24, 2.45) is 0 Å². The number of hydrogen-bond donors (Lipinski definition) is 1. The summed E-state index contributed by atoms with van der Waals surface area (Å²) in [5.41, 5.74) is 2.77. The molecule has 132 valence electrons. The Bertz CT molecular complexity index is 924. The molecule has 0 saturated carbocycles. The molecule has 1 fully saturated rings. The molecule has 4 rings (SSSR count). The Labute approximate surface area is 157 Å². The van der Waals surface area contributed by atoms with Crippen LogP contribution in [-0.4, -0.2) is 26.1 Å². The minimum atomic E-state index is -0.254. The molecule has 0 amide bonds. The van der Waals surface area contributed by atoms with E-state index < -0.39 is 0 Å². The molecule has 1 aliphatic rings. The maximum Gasteiger partial charge on any atom is 0.170 e. The molecule has 4 nitrogen and oxygen atoms in total. The molecule has 6 heteroatoms. The summed E-state index contributed by atoms with van der Waals surface area (Å²) >= 11 is 5.57. The summed E-state index contributed by atoms with van der Waals surface area (Å²) in [7, 11) is 0. The quantitative estimate of drug-likeness (QED) is 0.708. The van der Waals surface area contributed by atoms with Crippen molar-refractivity contribution in [3.8, 4) is 5.69 Å². The minimum Gasteiger partial charge on any atom is -0.352 e. The Balaban J connectivity index is 1.82. The molecule has 1 saturated heterocycles. The van der Waals surface area contributed by atoms with Crippen LogP contribution in [0, 0.1) is 5.82 Å². The Kier molecular flexibility index (Phi) is 4.42. The molecule has 26 heavy (non-hydrogen) atoms. The van der Waals surface area contributed by atoms with Crippen LogP contribution in [0.15, 0.2) is 67.0 Å². The van der Waals surface area contributed by atoms with Gasteiger partial charge in [-0.2, -0.15) is 0 Å². The fourth-order valence-corrected chi connectivity index (χ4v) is 3.93. The van der Waals surface area contributed by atoms with Gasteiger partial charge in [-0.15, -0.1) is 0 Å². The first-order valence-electron chi connectivity index (χ1n) is 8.60. The first-order chi connectivity index (χ1) is 12.7. The number of halogens is 1. The van der Waals surface area contributed by atoms with Crippen molar-refractivity contribution in [2.45, 2.75) is 19.0 Å². The molecule has 1 aromatic carbocycles. The van der Waals surface area contributed by atoms with Crippen LogP contribution in [0.1, 0.15) is 30.4 Å². The number of likely N-dealkylation sites (N-methyl/N-ethyl adjacent to an activating group) is 1. The van der Waals surface area contributed by atoms with Gasteiger partial charge in [0.2, 0.25) is 0 Å². The highest BCUT2D eigenvalue weighted by Crippen LogP contribution is 2.39. The summed E-state index contributed by atoms with van der Waals surface area (Å²) in [5.74, 6) is -0.254. The molecule has 2 atom stereocenters.